The van der Waals surface area contributed by atoms with Crippen LogP contribution in [0.1, 0.15) is 25.3 Å². The molecule has 0 fully saturated rings. The summed E-state index contributed by atoms with van der Waals surface area (Å²) in [6.45, 7) is 2.17. The first-order valence-corrected chi connectivity index (χ1v) is 9.37. The summed E-state index contributed by atoms with van der Waals surface area (Å²) in [6.07, 6.45) is 5.20. The lowest BCUT2D eigenvalue weighted by molar-refractivity contribution is 0.678. The zero-order chi connectivity index (χ0) is 16.3. The van der Waals surface area contributed by atoms with E-state index in [1.165, 1.54) is 5.56 Å². The number of unbranched alkanes of at least 4 members (excludes halogenated alkanes) is 1. The van der Waals surface area contributed by atoms with Gasteiger partial charge < -0.3 is 4.98 Å². The zero-order valence-corrected chi connectivity index (χ0v) is 14.0. The second-order valence-corrected chi connectivity index (χ2v) is 7.45. The minimum Gasteiger partial charge on any atom is -0.361 e. The number of rotatable bonds is 5. The molecule has 0 aliphatic heterocycles. The lowest BCUT2D eigenvalue weighted by Crippen LogP contribution is -2.11. The molecule has 0 bridgehead atoms. The van der Waals surface area contributed by atoms with Crippen LogP contribution in [0.4, 0.5) is 5.69 Å². The van der Waals surface area contributed by atoms with E-state index in [0.29, 0.717) is 10.6 Å². The van der Waals surface area contributed by atoms with Crippen LogP contribution in [0, 0.1) is 0 Å². The molecule has 1 atom stereocenters. The number of fused-ring (bicyclic) bond motifs is 1. The van der Waals surface area contributed by atoms with Crippen LogP contribution in [0.3, 0.4) is 0 Å². The fourth-order valence-corrected chi connectivity index (χ4v) is 3.59. The van der Waals surface area contributed by atoms with E-state index in [2.05, 4.69) is 16.3 Å². The molecule has 1 unspecified atom stereocenters. The molecule has 120 valence electrons. The highest BCUT2D eigenvalue weighted by atomic mass is 32.2. The lowest BCUT2D eigenvalue weighted by atomic mass is 10.1. The molecule has 0 saturated heterocycles. The number of nitrogens with zero attached hydrogens (tertiary/aromatic N) is 1. The van der Waals surface area contributed by atoms with Gasteiger partial charge >= 0.3 is 0 Å². The summed E-state index contributed by atoms with van der Waals surface area (Å²) in [7, 11) is -2.94. The highest BCUT2D eigenvalue weighted by Gasteiger charge is 2.08. The van der Waals surface area contributed by atoms with Gasteiger partial charge in [-0.2, -0.15) is 4.36 Å². The SMILES string of the molecule is CCCCc1ccc(S(N)(=O)=Nc2ccc3cc[nH]c3c2)cc1. The van der Waals surface area contributed by atoms with Gasteiger partial charge in [-0.05, 0) is 54.1 Å². The summed E-state index contributed by atoms with van der Waals surface area (Å²) in [5, 5.41) is 7.08. The van der Waals surface area contributed by atoms with Gasteiger partial charge in [0.25, 0.3) is 0 Å². The molecule has 3 rings (SSSR count). The molecule has 23 heavy (non-hydrogen) atoms. The summed E-state index contributed by atoms with van der Waals surface area (Å²) in [5.74, 6) is 0. The molecule has 0 aliphatic rings. The van der Waals surface area contributed by atoms with Crippen molar-refractivity contribution in [2.45, 2.75) is 31.1 Å². The van der Waals surface area contributed by atoms with Gasteiger partial charge in [0.05, 0.1) is 10.6 Å². The van der Waals surface area contributed by atoms with Gasteiger partial charge in [0, 0.05) is 11.7 Å². The lowest BCUT2D eigenvalue weighted by Gasteiger charge is -2.06. The molecule has 4 nitrogen and oxygen atoms in total. The number of hydrogen-bond acceptors (Lipinski definition) is 2. The molecule has 3 N–H and O–H groups in total. The Bertz CT molecular complexity index is 919. The maximum absolute atomic E-state index is 12.8. The average molecular weight is 327 g/mol. The van der Waals surface area contributed by atoms with Crippen molar-refractivity contribution in [3.8, 4) is 0 Å². The Kier molecular flexibility index (Phi) is 4.50. The van der Waals surface area contributed by atoms with Crippen molar-refractivity contribution in [1.82, 2.24) is 4.98 Å². The standard InChI is InChI=1S/C18H21N3OS/c1-2-3-4-14-5-9-17(10-6-14)23(19,22)21-16-8-7-15-11-12-20-18(15)13-16/h5-13,20H,2-4H2,1H3,(H2,19,21,22). The highest BCUT2D eigenvalue weighted by molar-refractivity contribution is 7.91. The Morgan fingerprint density at radius 3 is 2.65 bits per heavy atom. The van der Waals surface area contributed by atoms with Crippen molar-refractivity contribution in [3.63, 3.8) is 0 Å². The second-order valence-electron chi connectivity index (χ2n) is 5.66. The minimum atomic E-state index is -2.94. The number of aryl methyl sites for hydroxylation is 1. The topological polar surface area (TPSA) is 71.2 Å². The minimum absolute atomic E-state index is 0.560. The molecule has 5 heteroatoms. The van der Waals surface area contributed by atoms with Crippen LogP contribution in [-0.2, 0) is 16.3 Å². The van der Waals surface area contributed by atoms with Crippen LogP contribution >= 0.6 is 0 Å². The first-order valence-electron chi connectivity index (χ1n) is 7.79. The van der Waals surface area contributed by atoms with Gasteiger partial charge in [0.1, 0.15) is 9.92 Å². The van der Waals surface area contributed by atoms with Crippen LogP contribution < -0.4 is 5.14 Å². The van der Waals surface area contributed by atoms with Crippen molar-refractivity contribution < 1.29 is 4.21 Å². The number of aromatic nitrogens is 1. The number of benzene rings is 2. The molecule has 0 saturated carbocycles. The van der Waals surface area contributed by atoms with E-state index in [1.54, 1.807) is 0 Å². The predicted octanol–water partition coefficient (Wildman–Crippen LogP) is 4.54. The summed E-state index contributed by atoms with van der Waals surface area (Å²) in [4.78, 5) is 3.68. The second kappa shape index (κ2) is 6.56. The van der Waals surface area contributed by atoms with Gasteiger partial charge in [-0.25, -0.2) is 9.35 Å². The monoisotopic (exact) mass is 327 g/mol. The Morgan fingerprint density at radius 2 is 1.91 bits per heavy atom. The quantitative estimate of drug-likeness (QED) is 0.709. The molecule has 0 radical (unpaired) electrons. The van der Waals surface area contributed by atoms with E-state index in [0.717, 1.165) is 30.2 Å². The van der Waals surface area contributed by atoms with Crippen molar-refractivity contribution in [2.24, 2.45) is 9.50 Å². The number of aromatic amines is 1. The maximum Gasteiger partial charge on any atom is 0.139 e. The number of nitrogens with one attached hydrogen (secondary N) is 1. The molecule has 0 spiro atoms. The third kappa shape index (κ3) is 3.63. The van der Waals surface area contributed by atoms with Gasteiger partial charge in [-0.15, -0.1) is 0 Å². The van der Waals surface area contributed by atoms with Crippen molar-refractivity contribution in [3.05, 3.63) is 60.3 Å². The number of hydrogen-bond donors (Lipinski definition) is 2. The van der Waals surface area contributed by atoms with Gasteiger partial charge in [0.2, 0.25) is 0 Å². The van der Waals surface area contributed by atoms with Gasteiger partial charge in [-0.3, -0.25) is 0 Å². The van der Waals surface area contributed by atoms with Crippen LogP contribution in [0.5, 0.6) is 0 Å². The molecule has 2 aromatic carbocycles. The summed E-state index contributed by atoms with van der Waals surface area (Å²) < 4.78 is 17.0. The first kappa shape index (κ1) is 15.8. The number of H-pyrrole nitrogens is 1. The first-order chi connectivity index (χ1) is 11.1. The van der Waals surface area contributed by atoms with Crippen LogP contribution in [0.25, 0.3) is 10.9 Å². The molecular formula is C18H21N3OS. The summed E-state index contributed by atoms with van der Waals surface area (Å²) in [6, 6.07) is 15.2. The van der Waals surface area contributed by atoms with Crippen LogP contribution in [0.15, 0.2) is 64.0 Å². The molecule has 1 heterocycles. The fourth-order valence-electron chi connectivity index (χ4n) is 2.53. The van der Waals surface area contributed by atoms with E-state index >= 15 is 0 Å². The van der Waals surface area contributed by atoms with E-state index < -0.39 is 9.92 Å². The smallest absolute Gasteiger partial charge is 0.139 e. The van der Waals surface area contributed by atoms with Crippen molar-refractivity contribution >= 4 is 26.5 Å². The normalized spacial score (nSPS) is 13.8. The third-order valence-corrected chi connectivity index (χ3v) is 5.29. The Morgan fingerprint density at radius 1 is 1.13 bits per heavy atom. The Labute approximate surface area is 137 Å². The van der Waals surface area contributed by atoms with E-state index in [4.69, 9.17) is 5.14 Å². The van der Waals surface area contributed by atoms with E-state index in [1.807, 2.05) is 54.7 Å². The Hall–Kier alpha value is -2.11. The van der Waals surface area contributed by atoms with Crippen molar-refractivity contribution in [2.75, 3.05) is 0 Å². The largest absolute Gasteiger partial charge is 0.361 e. The van der Waals surface area contributed by atoms with Crippen LogP contribution in [0.2, 0.25) is 0 Å². The fraction of sp³-hybridized carbons (Fsp3) is 0.222. The van der Waals surface area contributed by atoms with Crippen molar-refractivity contribution in [1.29, 1.82) is 0 Å². The number of nitrogens with two attached hydrogens (primary N) is 1. The van der Waals surface area contributed by atoms with E-state index in [9.17, 15) is 4.21 Å². The third-order valence-electron chi connectivity index (χ3n) is 3.86. The summed E-state index contributed by atoms with van der Waals surface area (Å²) >= 11 is 0. The zero-order valence-electron chi connectivity index (χ0n) is 13.2. The predicted molar refractivity (Wildman–Crippen MR) is 96.0 cm³/mol. The highest BCUT2D eigenvalue weighted by Crippen LogP contribution is 2.23. The van der Waals surface area contributed by atoms with Crippen LogP contribution in [-0.4, -0.2) is 9.19 Å². The average Bonchev–Trinajstić information content (AvgIpc) is 3.00. The molecule has 0 amide bonds. The summed E-state index contributed by atoms with van der Waals surface area (Å²) in [5.41, 5.74) is 2.80. The molecular weight excluding hydrogens is 306 g/mol. The maximum atomic E-state index is 12.8. The van der Waals surface area contributed by atoms with E-state index in [-0.39, 0.29) is 0 Å². The molecule has 3 aromatic rings. The van der Waals surface area contributed by atoms with Gasteiger partial charge in [-0.1, -0.05) is 31.5 Å². The van der Waals surface area contributed by atoms with Gasteiger partial charge in [0.15, 0.2) is 0 Å². The molecule has 0 aliphatic carbocycles. The molecule has 1 aromatic heterocycles. The Balaban J connectivity index is 1.91.